The Labute approximate surface area is 155 Å². The second kappa shape index (κ2) is 7.27. The molecule has 0 amide bonds. The molecular weight excluding hydrogens is 408 g/mol. The third-order valence-electron chi connectivity index (χ3n) is 3.90. The van der Waals surface area contributed by atoms with Gasteiger partial charge in [0, 0.05) is 25.1 Å². The van der Waals surface area contributed by atoms with E-state index in [1.54, 1.807) is 36.7 Å². The molecule has 1 saturated heterocycles. The number of rotatable bonds is 5. The molecule has 1 fully saturated rings. The molecule has 9 heteroatoms. The summed E-state index contributed by atoms with van der Waals surface area (Å²) in [5.41, 5.74) is 0. The summed E-state index contributed by atoms with van der Waals surface area (Å²) in [6.07, 6.45) is 3.56. The third-order valence-corrected chi connectivity index (χ3v) is 6.31. The second-order valence-corrected chi connectivity index (χ2v) is 8.81. The van der Waals surface area contributed by atoms with Gasteiger partial charge < -0.3 is 9.64 Å². The zero-order valence-electron chi connectivity index (χ0n) is 14.0. The maximum atomic E-state index is 12.7. The van der Waals surface area contributed by atoms with Crippen LogP contribution in [-0.2, 0) is 10.0 Å². The first-order chi connectivity index (χ1) is 11.9. The van der Waals surface area contributed by atoms with Crippen LogP contribution in [0.25, 0.3) is 0 Å². The molecule has 0 N–H and O–H groups in total. The monoisotopic (exact) mass is 426 g/mol. The summed E-state index contributed by atoms with van der Waals surface area (Å²) in [5.74, 6) is 1.09. The van der Waals surface area contributed by atoms with E-state index in [0.717, 1.165) is 4.47 Å². The van der Waals surface area contributed by atoms with Crippen molar-refractivity contribution in [3.8, 4) is 5.88 Å². The average Bonchev–Trinajstić information content (AvgIpc) is 3.05. The molecule has 3 rings (SSSR count). The predicted molar refractivity (Wildman–Crippen MR) is 98.3 cm³/mol. The Morgan fingerprint density at radius 1 is 1.24 bits per heavy atom. The molecule has 1 aromatic heterocycles. The van der Waals surface area contributed by atoms with Gasteiger partial charge in [-0.2, -0.15) is 9.29 Å². The Morgan fingerprint density at radius 2 is 1.96 bits per heavy atom. The van der Waals surface area contributed by atoms with Crippen molar-refractivity contribution in [1.82, 2.24) is 14.3 Å². The van der Waals surface area contributed by atoms with Crippen LogP contribution in [0.3, 0.4) is 0 Å². The van der Waals surface area contributed by atoms with Crippen LogP contribution in [0.1, 0.15) is 6.42 Å². The van der Waals surface area contributed by atoms with Crippen molar-refractivity contribution in [2.24, 2.45) is 0 Å². The summed E-state index contributed by atoms with van der Waals surface area (Å²) in [6, 6.07) is 6.64. The standard InChI is InChI=1S/C16H19BrN4O3S/c1-20(2)15-9-18-10-16(19-15)24-13-7-8-21(11-13)25(22,23)14-5-3-12(17)4-6-14/h3-6,9-10,13H,7-8,11H2,1-2H3. The van der Waals surface area contributed by atoms with Crippen molar-refractivity contribution < 1.29 is 13.2 Å². The minimum absolute atomic E-state index is 0.239. The number of sulfonamides is 1. The van der Waals surface area contributed by atoms with Crippen molar-refractivity contribution in [2.45, 2.75) is 17.4 Å². The molecule has 0 bridgehead atoms. The van der Waals surface area contributed by atoms with Crippen LogP contribution in [-0.4, -0.2) is 56.0 Å². The van der Waals surface area contributed by atoms with Gasteiger partial charge in [-0.25, -0.2) is 8.42 Å². The number of nitrogens with zero attached hydrogens (tertiary/aromatic N) is 4. The lowest BCUT2D eigenvalue weighted by Crippen LogP contribution is -2.31. The van der Waals surface area contributed by atoms with Crippen molar-refractivity contribution in [2.75, 3.05) is 32.1 Å². The van der Waals surface area contributed by atoms with Crippen LogP contribution in [0, 0.1) is 0 Å². The summed E-state index contributed by atoms with van der Waals surface area (Å²) >= 11 is 3.31. The minimum atomic E-state index is -3.51. The summed E-state index contributed by atoms with van der Waals surface area (Å²) in [5, 5.41) is 0. The smallest absolute Gasteiger partial charge is 0.243 e. The van der Waals surface area contributed by atoms with E-state index in [-0.39, 0.29) is 11.0 Å². The van der Waals surface area contributed by atoms with Gasteiger partial charge in [0.1, 0.15) is 6.10 Å². The summed E-state index contributed by atoms with van der Waals surface area (Å²) < 4.78 is 33.5. The highest BCUT2D eigenvalue weighted by molar-refractivity contribution is 9.10. The minimum Gasteiger partial charge on any atom is -0.472 e. The van der Waals surface area contributed by atoms with Crippen LogP contribution in [0.4, 0.5) is 5.82 Å². The Hall–Kier alpha value is -1.71. The fourth-order valence-corrected chi connectivity index (χ4v) is 4.30. The van der Waals surface area contributed by atoms with E-state index in [1.807, 2.05) is 19.0 Å². The summed E-state index contributed by atoms with van der Waals surface area (Å²) in [4.78, 5) is 10.6. The lowest BCUT2D eigenvalue weighted by atomic mass is 10.3. The zero-order chi connectivity index (χ0) is 18.0. The molecule has 1 aliphatic rings. The van der Waals surface area contributed by atoms with Crippen LogP contribution in [0.2, 0.25) is 0 Å². The Balaban J connectivity index is 1.69. The number of aromatic nitrogens is 2. The highest BCUT2D eigenvalue weighted by Crippen LogP contribution is 2.25. The van der Waals surface area contributed by atoms with E-state index < -0.39 is 10.0 Å². The van der Waals surface area contributed by atoms with Crippen LogP contribution in [0.15, 0.2) is 46.0 Å². The number of anilines is 1. The Bertz CT molecular complexity index is 843. The lowest BCUT2D eigenvalue weighted by Gasteiger charge is -2.17. The first kappa shape index (κ1) is 18.1. The van der Waals surface area contributed by atoms with Gasteiger partial charge in [0.05, 0.1) is 23.8 Å². The third kappa shape index (κ3) is 4.10. The number of halogens is 1. The van der Waals surface area contributed by atoms with Gasteiger partial charge >= 0.3 is 0 Å². The number of hydrogen-bond acceptors (Lipinski definition) is 6. The Morgan fingerprint density at radius 3 is 2.64 bits per heavy atom. The van der Waals surface area contributed by atoms with Crippen molar-refractivity contribution in [1.29, 1.82) is 0 Å². The SMILES string of the molecule is CN(C)c1cncc(OC2CCN(S(=O)(=O)c3ccc(Br)cc3)C2)n1. The molecule has 2 heterocycles. The second-order valence-electron chi connectivity index (χ2n) is 5.96. The zero-order valence-corrected chi connectivity index (χ0v) is 16.4. The first-order valence-electron chi connectivity index (χ1n) is 7.78. The van der Waals surface area contributed by atoms with E-state index in [2.05, 4.69) is 25.9 Å². The predicted octanol–water partition coefficient (Wildman–Crippen LogP) is 2.15. The normalized spacial score (nSPS) is 18.3. The van der Waals surface area contributed by atoms with Crippen molar-refractivity contribution in [3.63, 3.8) is 0 Å². The fraction of sp³-hybridized carbons (Fsp3) is 0.375. The molecule has 1 aromatic carbocycles. The van der Waals surface area contributed by atoms with Crippen LogP contribution >= 0.6 is 15.9 Å². The lowest BCUT2D eigenvalue weighted by molar-refractivity contribution is 0.206. The van der Waals surface area contributed by atoms with Gasteiger partial charge in [-0.15, -0.1) is 0 Å². The maximum Gasteiger partial charge on any atom is 0.243 e. The summed E-state index contributed by atoms with van der Waals surface area (Å²) in [7, 11) is 0.228. The molecular formula is C16H19BrN4O3S. The molecule has 0 saturated carbocycles. The number of hydrogen-bond donors (Lipinski definition) is 0. The first-order valence-corrected chi connectivity index (χ1v) is 10.0. The largest absolute Gasteiger partial charge is 0.472 e. The van der Waals surface area contributed by atoms with E-state index in [4.69, 9.17) is 4.74 Å². The van der Waals surface area contributed by atoms with Gasteiger partial charge in [0.2, 0.25) is 15.9 Å². The number of benzene rings is 1. The molecule has 7 nitrogen and oxygen atoms in total. The van der Waals surface area contributed by atoms with Gasteiger partial charge in [0.15, 0.2) is 5.82 Å². The quantitative estimate of drug-likeness (QED) is 0.728. The van der Waals surface area contributed by atoms with Gasteiger partial charge in [-0.1, -0.05) is 15.9 Å². The molecule has 2 aromatic rings. The molecule has 1 atom stereocenters. The fourth-order valence-electron chi connectivity index (χ4n) is 2.55. The highest BCUT2D eigenvalue weighted by atomic mass is 79.9. The van der Waals surface area contributed by atoms with Crippen molar-refractivity contribution >= 4 is 31.8 Å². The highest BCUT2D eigenvalue weighted by Gasteiger charge is 2.33. The molecule has 0 spiro atoms. The molecule has 1 unspecified atom stereocenters. The van der Waals surface area contributed by atoms with Gasteiger partial charge in [0.25, 0.3) is 0 Å². The molecule has 134 valence electrons. The Kier molecular flexibility index (Phi) is 5.26. The van der Waals surface area contributed by atoms with Crippen molar-refractivity contribution in [3.05, 3.63) is 41.1 Å². The van der Waals surface area contributed by atoms with E-state index in [9.17, 15) is 8.42 Å². The molecule has 1 aliphatic heterocycles. The number of ether oxygens (including phenoxy) is 1. The van der Waals surface area contributed by atoms with Crippen LogP contribution < -0.4 is 9.64 Å². The van der Waals surface area contributed by atoms with E-state index >= 15 is 0 Å². The average molecular weight is 427 g/mol. The molecule has 0 aliphatic carbocycles. The van der Waals surface area contributed by atoms with E-state index in [1.165, 1.54) is 4.31 Å². The maximum absolute atomic E-state index is 12.7. The molecule has 25 heavy (non-hydrogen) atoms. The van der Waals surface area contributed by atoms with Gasteiger partial charge in [-0.3, -0.25) is 4.98 Å². The van der Waals surface area contributed by atoms with E-state index in [0.29, 0.717) is 31.2 Å². The topological polar surface area (TPSA) is 75.6 Å². The van der Waals surface area contributed by atoms with Gasteiger partial charge in [-0.05, 0) is 30.7 Å². The van der Waals surface area contributed by atoms with Crippen LogP contribution in [0.5, 0.6) is 5.88 Å². The molecule has 0 radical (unpaired) electrons. The summed E-state index contributed by atoms with van der Waals surface area (Å²) in [6.45, 7) is 0.718.